The van der Waals surface area contributed by atoms with Crippen molar-refractivity contribution in [1.29, 1.82) is 0 Å². The summed E-state index contributed by atoms with van der Waals surface area (Å²) >= 11 is 1.07. The molecule has 0 spiro atoms. The average molecular weight is 333 g/mol. The molecule has 1 aromatic rings. The number of carboxylic acid groups (broad SMARTS) is 1. The molecule has 0 aliphatic heterocycles. The van der Waals surface area contributed by atoms with Gasteiger partial charge in [0.05, 0.1) is 12.2 Å². The van der Waals surface area contributed by atoms with E-state index < -0.39 is 27.7 Å². The summed E-state index contributed by atoms with van der Waals surface area (Å²) in [7, 11) is -4.04. The highest BCUT2D eigenvalue weighted by Gasteiger charge is 2.33. The van der Waals surface area contributed by atoms with Crippen molar-refractivity contribution in [1.82, 2.24) is 0 Å². The second-order valence-electron chi connectivity index (χ2n) is 4.64. The molecule has 21 heavy (non-hydrogen) atoms. The zero-order chi connectivity index (χ0) is 15.6. The molecule has 2 N–H and O–H groups in total. The number of anilines is 1. The molecule has 9 heteroatoms. The van der Waals surface area contributed by atoms with Gasteiger partial charge in [-0.2, -0.15) is 0 Å². The van der Waals surface area contributed by atoms with Crippen molar-refractivity contribution in [2.45, 2.75) is 25.7 Å². The van der Waals surface area contributed by atoms with E-state index in [1.54, 1.807) is 12.3 Å². The molecular formula is C12H15NO6S2. The van der Waals surface area contributed by atoms with Gasteiger partial charge in [0.2, 0.25) is 10.0 Å². The predicted molar refractivity (Wildman–Crippen MR) is 77.3 cm³/mol. The number of sulfonamides is 1. The average Bonchev–Trinajstić information content (AvgIpc) is 3.10. The van der Waals surface area contributed by atoms with Crippen LogP contribution in [-0.4, -0.2) is 37.8 Å². The first kappa shape index (κ1) is 15.8. The molecule has 1 heterocycles. The Morgan fingerprint density at radius 1 is 1.48 bits per heavy atom. The topological polar surface area (TPSA) is 110 Å². The third-order valence-electron chi connectivity index (χ3n) is 2.88. The number of rotatable bonds is 7. The molecular weight excluding hydrogens is 318 g/mol. The lowest BCUT2D eigenvalue weighted by Gasteiger charge is -2.08. The van der Waals surface area contributed by atoms with Crippen LogP contribution < -0.4 is 4.72 Å². The fourth-order valence-electron chi connectivity index (χ4n) is 1.89. The van der Waals surface area contributed by atoms with Crippen LogP contribution in [0, 0.1) is 0 Å². The van der Waals surface area contributed by atoms with Gasteiger partial charge in [-0.3, -0.25) is 9.52 Å². The van der Waals surface area contributed by atoms with E-state index in [0.29, 0.717) is 0 Å². The van der Waals surface area contributed by atoms with Crippen molar-refractivity contribution in [3.63, 3.8) is 0 Å². The van der Waals surface area contributed by atoms with Gasteiger partial charge < -0.3 is 9.84 Å². The Labute approximate surface area is 126 Å². The van der Waals surface area contributed by atoms with E-state index in [1.165, 1.54) is 0 Å². The van der Waals surface area contributed by atoms with E-state index in [4.69, 9.17) is 9.84 Å². The second-order valence-corrected chi connectivity index (χ2v) is 7.25. The molecule has 2 rings (SSSR count). The minimum atomic E-state index is -4.04. The Morgan fingerprint density at radius 3 is 2.67 bits per heavy atom. The molecule has 116 valence electrons. The van der Waals surface area contributed by atoms with Gasteiger partial charge in [-0.1, -0.05) is 0 Å². The van der Waals surface area contributed by atoms with Gasteiger partial charge >= 0.3 is 11.9 Å². The lowest BCUT2D eigenvalue weighted by Crippen LogP contribution is -2.23. The number of carbonyl (C=O) groups excluding carboxylic acids is 1. The van der Waals surface area contributed by atoms with Gasteiger partial charge in [0.1, 0.15) is 5.00 Å². The smallest absolute Gasteiger partial charge is 0.341 e. The summed E-state index contributed by atoms with van der Waals surface area (Å²) in [6.45, 7) is 1.84. The SMILES string of the molecule is CCOC(=O)c1c(C2CC2)csc1NS(=O)(=O)CC(=O)O. The van der Waals surface area contributed by atoms with Crippen molar-refractivity contribution in [2.75, 3.05) is 17.1 Å². The monoisotopic (exact) mass is 333 g/mol. The Kier molecular flexibility index (Phi) is 4.52. The van der Waals surface area contributed by atoms with Gasteiger partial charge in [0.15, 0.2) is 5.75 Å². The lowest BCUT2D eigenvalue weighted by atomic mass is 10.1. The van der Waals surface area contributed by atoms with Crippen molar-refractivity contribution in [2.24, 2.45) is 0 Å². The van der Waals surface area contributed by atoms with Gasteiger partial charge in [-0.25, -0.2) is 13.2 Å². The number of nitrogens with one attached hydrogen (secondary N) is 1. The van der Waals surface area contributed by atoms with Gasteiger partial charge in [0, 0.05) is 0 Å². The highest BCUT2D eigenvalue weighted by Crippen LogP contribution is 2.46. The molecule has 0 radical (unpaired) electrons. The zero-order valence-corrected chi connectivity index (χ0v) is 12.9. The molecule has 0 bridgehead atoms. The molecule has 0 aromatic carbocycles. The molecule has 0 unspecified atom stereocenters. The summed E-state index contributed by atoms with van der Waals surface area (Å²) in [6.07, 6.45) is 1.90. The summed E-state index contributed by atoms with van der Waals surface area (Å²) in [6, 6.07) is 0. The first-order valence-electron chi connectivity index (χ1n) is 6.35. The third kappa shape index (κ3) is 3.94. The van der Waals surface area contributed by atoms with E-state index in [2.05, 4.69) is 4.72 Å². The normalized spacial score (nSPS) is 14.7. The quantitative estimate of drug-likeness (QED) is 0.734. The van der Waals surface area contributed by atoms with Crippen LogP contribution in [0.25, 0.3) is 0 Å². The van der Waals surface area contributed by atoms with Gasteiger partial charge in [0.25, 0.3) is 0 Å². The van der Waals surface area contributed by atoms with Crippen molar-refractivity contribution >= 4 is 38.3 Å². The van der Waals surface area contributed by atoms with E-state index in [9.17, 15) is 18.0 Å². The molecule has 0 atom stereocenters. The minimum absolute atomic E-state index is 0.122. The molecule has 0 amide bonds. The molecule has 1 fully saturated rings. The van der Waals surface area contributed by atoms with Crippen LogP contribution in [0.3, 0.4) is 0 Å². The molecule has 1 aromatic heterocycles. The van der Waals surface area contributed by atoms with Crippen molar-refractivity contribution in [3.8, 4) is 0 Å². The molecule has 7 nitrogen and oxygen atoms in total. The van der Waals surface area contributed by atoms with E-state index >= 15 is 0 Å². The molecule has 1 saturated carbocycles. The number of ether oxygens (including phenoxy) is 1. The van der Waals surface area contributed by atoms with E-state index in [0.717, 1.165) is 29.7 Å². The Balaban J connectivity index is 2.31. The first-order valence-corrected chi connectivity index (χ1v) is 8.88. The van der Waals surface area contributed by atoms with Crippen molar-refractivity contribution < 1.29 is 27.9 Å². The number of hydrogen-bond acceptors (Lipinski definition) is 6. The Bertz CT molecular complexity index is 659. The second kappa shape index (κ2) is 6.02. The number of carboxylic acids is 1. The number of hydrogen-bond donors (Lipinski definition) is 2. The summed E-state index contributed by atoms with van der Waals surface area (Å²) in [5, 5.41) is 10.4. The van der Waals surface area contributed by atoms with Crippen molar-refractivity contribution in [3.05, 3.63) is 16.5 Å². The number of carbonyl (C=O) groups is 2. The maximum absolute atomic E-state index is 12.0. The predicted octanol–water partition coefficient (Wildman–Crippen LogP) is 1.63. The first-order chi connectivity index (χ1) is 9.84. The number of thiophene rings is 1. The standard InChI is InChI=1S/C12H15NO6S2/c1-2-19-12(16)10-8(7-3-4-7)5-20-11(10)13-21(17,18)6-9(14)15/h5,7,13H,2-4,6H2,1H3,(H,14,15). The summed E-state index contributed by atoms with van der Waals surface area (Å²) < 4.78 is 30.5. The zero-order valence-electron chi connectivity index (χ0n) is 11.3. The minimum Gasteiger partial charge on any atom is -0.480 e. The number of aliphatic carboxylic acids is 1. The summed E-state index contributed by atoms with van der Waals surface area (Å²) in [4.78, 5) is 22.6. The van der Waals surface area contributed by atoms with Crippen LogP contribution in [0.2, 0.25) is 0 Å². The summed E-state index contributed by atoms with van der Waals surface area (Å²) in [5.41, 5.74) is 0.977. The lowest BCUT2D eigenvalue weighted by molar-refractivity contribution is -0.134. The van der Waals surface area contributed by atoms with E-state index in [-0.39, 0.29) is 23.1 Å². The van der Waals surface area contributed by atoms with Crippen LogP contribution in [0.15, 0.2) is 5.38 Å². The fourth-order valence-corrected chi connectivity index (χ4v) is 4.12. The van der Waals surface area contributed by atoms with Crippen LogP contribution in [0.5, 0.6) is 0 Å². The molecule has 0 saturated heterocycles. The van der Waals surface area contributed by atoms with Crippen LogP contribution in [-0.2, 0) is 19.6 Å². The van der Waals surface area contributed by atoms with Crippen LogP contribution in [0.4, 0.5) is 5.00 Å². The maximum atomic E-state index is 12.0. The molecule has 1 aliphatic rings. The van der Waals surface area contributed by atoms with Crippen LogP contribution >= 0.6 is 11.3 Å². The van der Waals surface area contributed by atoms with Gasteiger partial charge in [-0.15, -0.1) is 11.3 Å². The fraction of sp³-hybridized carbons (Fsp3) is 0.500. The van der Waals surface area contributed by atoms with Crippen LogP contribution in [0.1, 0.15) is 41.6 Å². The highest BCUT2D eigenvalue weighted by atomic mass is 32.2. The van der Waals surface area contributed by atoms with E-state index in [1.807, 2.05) is 0 Å². The third-order valence-corrected chi connectivity index (χ3v) is 5.06. The largest absolute Gasteiger partial charge is 0.480 e. The molecule has 1 aliphatic carbocycles. The Hall–Kier alpha value is -1.61. The maximum Gasteiger partial charge on any atom is 0.341 e. The Morgan fingerprint density at radius 2 is 2.14 bits per heavy atom. The number of esters is 1. The highest BCUT2D eigenvalue weighted by molar-refractivity contribution is 7.93. The van der Waals surface area contributed by atoms with Gasteiger partial charge in [-0.05, 0) is 36.6 Å². The summed E-state index contributed by atoms with van der Waals surface area (Å²) in [5.74, 6) is -2.85.